The van der Waals surface area contributed by atoms with Crippen LogP contribution in [0.2, 0.25) is 0 Å². The molecule has 1 aromatic rings. The zero-order valence-corrected chi connectivity index (χ0v) is 17.8. The first kappa shape index (κ1) is 21.5. The second-order valence-corrected chi connectivity index (χ2v) is 6.25. The predicted octanol–water partition coefficient (Wildman–Crippen LogP) is 2.33. The van der Waals surface area contributed by atoms with E-state index in [-0.39, 0.29) is 35.9 Å². The van der Waals surface area contributed by atoms with Crippen molar-refractivity contribution in [3.8, 4) is 0 Å². The summed E-state index contributed by atoms with van der Waals surface area (Å²) in [7, 11) is 7.33. The molecule has 0 saturated carbocycles. The number of rotatable bonds is 4. The zero-order chi connectivity index (χ0) is 17.5. The van der Waals surface area contributed by atoms with Crippen molar-refractivity contribution in [3.63, 3.8) is 0 Å². The van der Waals surface area contributed by atoms with Gasteiger partial charge in [0.05, 0.1) is 13.0 Å². The summed E-state index contributed by atoms with van der Waals surface area (Å²) in [5.74, 6) is 0.799. The van der Waals surface area contributed by atoms with E-state index in [0.717, 1.165) is 38.4 Å². The van der Waals surface area contributed by atoms with E-state index in [1.165, 1.54) is 18.4 Å². The van der Waals surface area contributed by atoms with Crippen molar-refractivity contribution in [1.82, 2.24) is 10.2 Å². The van der Waals surface area contributed by atoms with Crippen molar-refractivity contribution in [3.05, 3.63) is 29.8 Å². The van der Waals surface area contributed by atoms with Crippen LogP contribution >= 0.6 is 24.0 Å². The summed E-state index contributed by atoms with van der Waals surface area (Å²) in [5, 5.41) is 3.42. The molecule has 0 bridgehead atoms. The predicted molar refractivity (Wildman–Crippen MR) is 113 cm³/mol. The Morgan fingerprint density at radius 2 is 2.04 bits per heavy atom. The molecule has 0 aliphatic carbocycles. The van der Waals surface area contributed by atoms with Gasteiger partial charge < -0.3 is 19.9 Å². The number of nitrogens with one attached hydrogen (secondary N) is 1. The van der Waals surface area contributed by atoms with E-state index in [9.17, 15) is 4.79 Å². The first-order valence-corrected chi connectivity index (χ1v) is 8.35. The molecule has 1 saturated heterocycles. The van der Waals surface area contributed by atoms with Crippen LogP contribution in [-0.4, -0.2) is 58.2 Å². The molecule has 0 radical (unpaired) electrons. The topological polar surface area (TPSA) is 57.2 Å². The molecule has 1 aromatic carbocycles. The number of guanidine groups is 1. The Morgan fingerprint density at radius 3 is 2.60 bits per heavy atom. The number of aliphatic imine (C=N–C) groups is 1. The molecule has 0 aromatic heterocycles. The monoisotopic (exact) mass is 460 g/mol. The van der Waals surface area contributed by atoms with Crippen molar-refractivity contribution < 1.29 is 9.53 Å². The van der Waals surface area contributed by atoms with Crippen molar-refractivity contribution >= 4 is 41.6 Å². The highest BCUT2D eigenvalue weighted by atomic mass is 127. The molecule has 6 nitrogen and oxygen atoms in total. The van der Waals surface area contributed by atoms with Gasteiger partial charge in [0.1, 0.15) is 0 Å². The summed E-state index contributed by atoms with van der Waals surface area (Å²) >= 11 is 0. The highest BCUT2D eigenvalue weighted by molar-refractivity contribution is 14.0. The van der Waals surface area contributed by atoms with Gasteiger partial charge in [-0.2, -0.15) is 0 Å². The fourth-order valence-corrected chi connectivity index (χ4v) is 2.95. The third-order valence-corrected chi connectivity index (χ3v) is 4.42. The molecule has 0 atom stereocenters. The van der Waals surface area contributed by atoms with E-state index in [1.54, 1.807) is 7.05 Å². The SMILES string of the molecule is CN=C(NCc1cccc(N(C)C)c1)N1CCC(C(=O)OC)CC1.I. The standard InChI is InChI=1S/C18H28N4O2.HI/c1-19-18(22-10-8-15(9-11-22)17(23)24-4)20-13-14-6-5-7-16(12-14)21(2)3;/h5-7,12,15H,8-11,13H2,1-4H3,(H,19,20);1H. The van der Waals surface area contributed by atoms with Gasteiger partial charge >= 0.3 is 5.97 Å². The van der Waals surface area contributed by atoms with Gasteiger partial charge in [-0.15, -0.1) is 24.0 Å². The lowest BCUT2D eigenvalue weighted by molar-refractivity contribution is -0.146. The second kappa shape index (κ2) is 10.5. The number of carbonyl (C=O) groups is 1. The number of piperidine rings is 1. The molecule has 1 N–H and O–H groups in total. The largest absolute Gasteiger partial charge is 0.469 e. The summed E-state index contributed by atoms with van der Waals surface area (Å²) in [6.07, 6.45) is 1.62. The minimum Gasteiger partial charge on any atom is -0.469 e. The number of benzene rings is 1. The summed E-state index contributed by atoms with van der Waals surface area (Å²) in [5.41, 5.74) is 2.40. The lowest BCUT2D eigenvalue weighted by Crippen LogP contribution is -2.46. The number of likely N-dealkylation sites (tertiary alicyclic amines) is 1. The fourth-order valence-electron chi connectivity index (χ4n) is 2.95. The third kappa shape index (κ3) is 6.05. The molecular weight excluding hydrogens is 431 g/mol. The Balaban J connectivity index is 0.00000312. The third-order valence-electron chi connectivity index (χ3n) is 4.42. The van der Waals surface area contributed by atoms with Crippen molar-refractivity contribution in [1.29, 1.82) is 0 Å². The van der Waals surface area contributed by atoms with Gasteiger partial charge in [0.25, 0.3) is 0 Å². The number of ether oxygens (including phenoxy) is 1. The number of hydrogen-bond donors (Lipinski definition) is 1. The number of halogens is 1. The summed E-state index contributed by atoms with van der Waals surface area (Å²) < 4.78 is 4.84. The summed E-state index contributed by atoms with van der Waals surface area (Å²) in [6.45, 7) is 2.36. The molecular formula is C18H29IN4O2. The average molecular weight is 460 g/mol. The zero-order valence-electron chi connectivity index (χ0n) is 15.5. The maximum atomic E-state index is 11.6. The van der Waals surface area contributed by atoms with Gasteiger partial charge in [-0.25, -0.2) is 0 Å². The van der Waals surface area contributed by atoms with E-state index in [1.807, 2.05) is 14.1 Å². The lowest BCUT2D eigenvalue weighted by Gasteiger charge is -2.33. The quantitative estimate of drug-likeness (QED) is 0.324. The maximum Gasteiger partial charge on any atom is 0.308 e. The van der Waals surface area contributed by atoms with Crippen LogP contribution in [0, 0.1) is 5.92 Å². The van der Waals surface area contributed by atoms with Crippen LogP contribution in [0.1, 0.15) is 18.4 Å². The molecule has 1 aliphatic heterocycles. The number of esters is 1. The number of anilines is 1. The molecule has 2 rings (SSSR count). The Hall–Kier alpha value is -1.51. The Morgan fingerprint density at radius 1 is 1.36 bits per heavy atom. The Kier molecular flexibility index (Phi) is 9.02. The number of nitrogens with zero attached hydrogens (tertiary/aromatic N) is 3. The minimum absolute atomic E-state index is 0. The number of hydrogen-bond acceptors (Lipinski definition) is 4. The molecule has 1 heterocycles. The summed E-state index contributed by atoms with van der Waals surface area (Å²) in [4.78, 5) is 20.3. The molecule has 7 heteroatoms. The highest BCUT2D eigenvalue weighted by Gasteiger charge is 2.26. The van der Waals surface area contributed by atoms with Crippen LogP contribution in [0.4, 0.5) is 5.69 Å². The first-order valence-electron chi connectivity index (χ1n) is 8.35. The maximum absolute atomic E-state index is 11.6. The minimum atomic E-state index is -0.0990. The van der Waals surface area contributed by atoms with Crippen LogP contribution < -0.4 is 10.2 Å². The molecule has 0 spiro atoms. The normalized spacial score (nSPS) is 15.4. The van der Waals surface area contributed by atoms with Crippen LogP contribution in [-0.2, 0) is 16.1 Å². The van der Waals surface area contributed by atoms with E-state index in [0.29, 0.717) is 0 Å². The van der Waals surface area contributed by atoms with Crippen LogP contribution in [0.15, 0.2) is 29.3 Å². The van der Waals surface area contributed by atoms with Crippen molar-refractivity contribution in [2.24, 2.45) is 10.9 Å². The van der Waals surface area contributed by atoms with Gasteiger partial charge in [0, 0.05) is 46.5 Å². The van der Waals surface area contributed by atoms with E-state index in [4.69, 9.17) is 4.74 Å². The van der Waals surface area contributed by atoms with Crippen LogP contribution in [0.3, 0.4) is 0 Å². The molecule has 0 unspecified atom stereocenters. The van der Waals surface area contributed by atoms with Crippen molar-refractivity contribution in [2.75, 3.05) is 46.2 Å². The van der Waals surface area contributed by atoms with E-state index < -0.39 is 0 Å². The second-order valence-electron chi connectivity index (χ2n) is 6.25. The van der Waals surface area contributed by atoms with Crippen LogP contribution in [0.5, 0.6) is 0 Å². The molecule has 25 heavy (non-hydrogen) atoms. The van der Waals surface area contributed by atoms with Crippen molar-refractivity contribution in [2.45, 2.75) is 19.4 Å². The fraction of sp³-hybridized carbons (Fsp3) is 0.556. The van der Waals surface area contributed by atoms with Gasteiger partial charge in [-0.05, 0) is 30.5 Å². The van der Waals surface area contributed by atoms with Gasteiger partial charge in [-0.1, -0.05) is 12.1 Å². The lowest BCUT2D eigenvalue weighted by atomic mass is 9.97. The van der Waals surface area contributed by atoms with Crippen LogP contribution in [0.25, 0.3) is 0 Å². The summed E-state index contributed by atoms with van der Waals surface area (Å²) in [6, 6.07) is 8.44. The number of carbonyl (C=O) groups excluding carboxylic acids is 1. The molecule has 0 amide bonds. The Labute approximate surface area is 167 Å². The smallest absolute Gasteiger partial charge is 0.308 e. The highest BCUT2D eigenvalue weighted by Crippen LogP contribution is 2.19. The van der Waals surface area contributed by atoms with Gasteiger partial charge in [-0.3, -0.25) is 9.79 Å². The molecule has 1 fully saturated rings. The Bertz CT molecular complexity index is 584. The molecule has 1 aliphatic rings. The average Bonchev–Trinajstić information content (AvgIpc) is 2.62. The first-order chi connectivity index (χ1) is 11.5. The van der Waals surface area contributed by atoms with E-state index >= 15 is 0 Å². The van der Waals surface area contributed by atoms with E-state index in [2.05, 4.69) is 44.4 Å². The van der Waals surface area contributed by atoms with Gasteiger partial charge in [0.2, 0.25) is 0 Å². The number of methoxy groups -OCH3 is 1. The van der Waals surface area contributed by atoms with Gasteiger partial charge in [0.15, 0.2) is 5.96 Å². The molecule has 140 valence electrons.